The fourth-order valence-electron chi connectivity index (χ4n) is 2.61. The Kier molecular flexibility index (Phi) is 4.15. The van der Waals surface area contributed by atoms with Crippen LogP contribution in [0.5, 0.6) is 0 Å². The second-order valence-corrected chi connectivity index (χ2v) is 7.35. The van der Waals surface area contributed by atoms with Crippen molar-refractivity contribution in [3.63, 3.8) is 0 Å². The van der Waals surface area contributed by atoms with Crippen LogP contribution < -0.4 is 0 Å². The standard InChI is InChI=1S/C18H17NO4S/c1-13-7-9-15(10-8-13)24(21,22)19-12-14(11-18(20)23-2)16-5-3-4-6-17(16)19/h3-10,12H,11H2,1-2H3. The fraction of sp³-hybridized carbons (Fsp3) is 0.167. The van der Waals surface area contributed by atoms with E-state index in [9.17, 15) is 13.2 Å². The van der Waals surface area contributed by atoms with Crippen molar-refractivity contribution < 1.29 is 17.9 Å². The number of hydrogen-bond donors (Lipinski definition) is 0. The largest absolute Gasteiger partial charge is 0.469 e. The zero-order valence-electron chi connectivity index (χ0n) is 13.4. The molecule has 1 heterocycles. The predicted octanol–water partition coefficient (Wildman–Crippen LogP) is 2.90. The Morgan fingerprint density at radius 2 is 1.75 bits per heavy atom. The van der Waals surface area contributed by atoms with Crippen LogP contribution in [-0.2, 0) is 26.0 Å². The molecule has 3 rings (SSSR count). The fourth-order valence-corrected chi connectivity index (χ4v) is 4.00. The van der Waals surface area contributed by atoms with Gasteiger partial charge < -0.3 is 4.74 Å². The summed E-state index contributed by atoms with van der Waals surface area (Å²) < 4.78 is 31.9. The van der Waals surface area contributed by atoms with E-state index in [-0.39, 0.29) is 11.3 Å². The van der Waals surface area contributed by atoms with Crippen molar-refractivity contribution in [1.29, 1.82) is 0 Å². The summed E-state index contributed by atoms with van der Waals surface area (Å²) in [4.78, 5) is 11.8. The van der Waals surface area contributed by atoms with Crippen LogP contribution in [0.4, 0.5) is 0 Å². The SMILES string of the molecule is COC(=O)Cc1cn(S(=O)(=O)c2ccc(C)cc2)c2ccccc12. The van der Waals surface area contributed by atoms with E-state index in [0.717, 1.165) is 10.9 Å². The first-order valence-corrected chi connectivity index (χ1v) is 8.85. The van der Waals surface area contributed by atoms with E-state index in [1.165, 1.54) is 17.3 Å². The molecule has 0 saturated carbocycles. The van der Waals surface area contributed by atoms with Crippen LogP contribution in [0.15, 0.2) is 59.6 Å². The molecule has 0 aliphatic rings. The topological polar surface area (TPSA) is 65.4 Å². The van der Waals surface area contributed by atoms with E-state index >= 15 is 0 Å². The summed E-state index contributed by atoms with van der Waals surface area (Å²) >= 11 is 0. The van der Waals surface area contributed by atoms with Gasteiger partial charge in [-0.3, -0.25) is 4.79 Å². The van der Waals surface area contributed by atoms with Gasteiger partial charge in [-0.2, -0.15) is 0 Å². The van der Waals surface area contributed by atoms with Gasteiger partial charge in [0.05, 0.1) is 23.9 Å². The molecule has 0 bridgehead atoms. The summed E-state index contributed by atoms with van der Waals surface area (Å²) in [5, 5.41) is 0.721. The van der Waals surface area contributed by atoms with E-state index < -0.39 is 16.0 Å². The van der Waals surface area contributed by atoms with E-state index in [0.29, 0.717) is 11.1 Å². The molecule has 0 unspecified atom stereocenters. The van der Waals surface area contributed by atoms with E-state index in [1.54, 1.807) is 42.5 Å². The average Bonchev–Trinajstić information content (AvgIpc) is 2.95. The molecule has 6 heteroatoms. The molecule has 0 aliphatic carbocycles. The molecular formula is C18H17NO4S. The summed E-state index contributed by atoms with van der Waals surface area (Å²) in [6.07, 6.45) is 1.52. The highest BCUT2D eigenvalue weighted by Gasteiger charge is 2.21. The summed E-state index contributed by atoms with van der Waals surface area (Å²) in [6, 6.07) is 13.8. The maximum absolute atomic E-state index is 13.0. The number of para-hydroxylation sites is 1. The summed E-state index contributed by atoms with van der Waals surface area (Å²) in [6.45, 7) is 1.90. The van der Waals surface area contributed by atoms with Crippen molar-refractivity contribution in [2.24, 2.45) is 0 Å². The highest BCUT2D eigenvalue weighted by molar-refractivity contribution is 7.90. The smallest absolute Gasteiger partial charge is 0.310 e. The van der Waals surface area contributed by atoms with Crippen molar-refractivity contribution in [2.45, 2.75) is 18.2 Å². The molecule has 5 nitrogen and oxygen atoms in total. The zero-order chi connectivity index (χ0) is 17.3. The first kappa shape index (κ1) is 16.3. The molecule has 3 aromatic rings. The molecule has 0 fully saturated rings. The number of methoxy groups -OCH3 is 1. The van der Waals surface area contributed by atoms with Crippen LogP contribution >= 0.6 is 0 Å². The highest BCUT2D eigenvalue weighted by atomic mass is 32.2. The van der Waals surface area contributed by atoms with Crippen LogP contribution in [0.1, 0.15) is 11.1 Å². The van der Waals surface area contributed by atoms with Gasteiger partial charge in [-0.25, -0.2) is 12.4 Å². The maximum atomic E-state index is 13.0. The summed E-state index contributed by atoms with van der Waals surface area (Å²) in [5.41, 5.74) is 2.14. The molecule has 1 aromatic heterocycles. The predicted molar refractivity (Wildman–Crippen MR) is 91.4 cm³/mol. The highest BCUT2D eigenvalue weighted by Crippen LogP contribution is 2.26. The van der Waals surface area contributed by atoms with Gasteiger partial charge in [0.15, 0.2) is 0 Å². The lowest BCUT2D eigenvalue weighted by atomic mass is 10.1. The monoisotopic (exact) mass is 343 g/mol. The average molecular weight is 343 g/mol. The molecule has 124 valence electrons. The molecule has 0 aliphatic heterocycles. The van der Waals surface area contributed by atoms with Gasteiger partial charge in [-0.15, -0.1) is 0 Å². The lowest BCUT2D eigenvalue weighted by Crippen LogP contribution is -2.12. The van der Waals surface area contributed by atoms with Gasteiger partial charge in [0.25, 0.3) is 10.0 Å². The van der Waals surface area contributed by atoms with Crippen LogP contribution in [0.25, 0.3) is 10.9 Å². The lowest BCUT2D eigenvalue weighted by molar-refractivity contribution is -0.139. The number of carbonyl (C=O) groups is 1. The Labute approximate surface area is 140 Å². The Hall–Kier alpha value is -2.60. The molecule has 0 spiro atoms. The van der Waals surface area contributed by atoms with Crippen LogP contribution in [0, 0.1) is 6.92 Å². The number of esters is 1. The van der Waals surface area contributed by atoms with Gasteiger partial charge >= 0.3 is 5.97 Å². The van der Waals surface area contributed by atoms with E-state index in [2.05, 4.69) is 0 Å². The molecule has 24 heavy (non-hydrogen) atoms. The van der Waals surface area contributed by atoms with Crippen LogP contribution in [-0.4, -0.2) is 25.5 Å². The van der Waals surface area contributed by atoms with Crippen LogP contribution in [0.2, 0.25) is 0 Å². The first-order valence-electron chi connectivity index (χ1n) is 7.41. The maximum Gasteiger partial charge on any atom is 0.310 e. The number of carbonyl (C=O) groups excluding carboxylic acids is 1. The first-order chi connectivity index (χ1) is 11.4. The van der Waals surface area contributed by atoms with Gasteiger partial charge in [-0.1, -0.05) is 35.9 Å². The molecular weight excluding hydrogens is 326 g/mol. The third-order valence-electron chi connectivity index (χ3n) is 3.90. The Morgan fingerprint density at radius 3 is 2.42 bits per heavy atom. The van der Waals surface area contributed by atoms with Gasteiger partial charge in [-0.05, 0) is 30.7 Å². The molecule has 0 saturated heterocycles. The minimum Gasteiger partial charge on any atom is -0.469 e. The summed E-state index contributed by atoms with van der Waals surface area (Å²) in [7, 11) is -2.43. The van der Waals surface area contributed by atoms with E-state index in [1.807, 2.05) is 13.0 Å². The number of ether oxygens (including phenoxy) is 1. The van der Waals surface area contributed by atoms with Crippen molar-refractivity contribution in [2.75, 3.05) is 7.11 Å². The zero-order valence-corrected chi connectivity index (χ0v) is 14.2. The summed E-state index contributed by atoms with van der Waals surface area (Å²) in [5.74, 6) is -0.411. The number of aromatic nitrogens is 1. The normalized spacial score (nSPS) is 11.6. The Morgan fingerprint density at radius 1 is 1.08 bits per heavy atom. The molecule has 2 aromatic carbocycles. The van der Waals surface area contributed by atoms with E-state index in [4.69, 9.17) is 4.74 Å². The number of hydrogen-bond acceptors (Lipinski definition) is 4. The minimum absolute atomic E-state index is 0.0213. The molecule has 0 amide bonds. The van der Waals surface area contributed by atoms with Gasteiger partial charge in [0.1, 0.15) is 0 Å². The second-order valence-electron chi connectivity index (χ2n) is 5.54. The minimum atomic E-state index is -3.74. The molecule has 0 N–H and O–H groups in total. The van der Waals surface area contributed by atoms with Crippen LogP contribution in [0.3, 0.4) is 0 Å². The Bertz CT molecular complexity index is 1000. The quantitative estimate of drug-likeness (QED) is 0.683. The van der Waals surface area contributed by atoms with Crippen molar-refractivity contribution in [1.82, 2.24) is 3.97 Å². The third kappa shape index (κ3) is 2.80. The number of rotatable bonds is 4. The number of aryl methyl sites for hydroxylation is 1. The van der Waals surface area contributed by atoms with Crippen molar-refractivity contribution >= 4 is 26.9 Å². The van der Waals surface area contributed by atoms with Crippen molar-refractivity contribution in [3.8, 4) is 0 Å². The second kappa shape index (κ2) is 6.13. The molecule has 0 radical (unpaired) electrons. The lowest BCUT2D eigenvalue weighted by Gasteiger charge is -2.07. The number of fused-ring (bicyclic) bond motifs is 1. The van der Waals surface area contributed by atoms with Gasteiger partial charge in [0, 0.05) is 11.6 Å². The molecule has 0 atom stereocenters. The Balaban J connectivity index is 2.19. The van der Waals surface area contributed by atoms with Crippen molar-refractivity contribution in [3.05, 3.63) is 65.9 Å². The third-order valence-corrected chi connectivity index (χ3v) is 5.59. The van der Waals surface area contributed by atoms with Gasteiger partial charge in [0.2, 0.25) is 0 Å². The number of benzene rings is 2. The number of nitrogens with zero attached hydrogens (tertiary/aromatic N) is 1.